The number of hydrogen-bond acceptors (Lipinski definition) is 3. The largest absolute Gasteiger partial charge is 0.465 e. The van der Waals surface area contributed by atoms with E-state index in [0.717, 1.165) is 0 Å². The third-order valence-electron chi connectivity index (χ3n) is 3.35. The topological polar surface area (TPSA) is 26.3 Å². The van der Waals surface area contributed by atoms with E-state index in [9.17, 15) is 18.0 Å². The summed E-state index contributed by atoms with van der Waals surface area (Å²) in [5.74, 6) is -2.61. The van der Waals surface area contributed by atoms with Crippen molar-refractivity contribution in [1.29, 1.82) is 0 Å². The molecule has 0 aromatic heterocycles. The van der Waals surface area contributed by atoms with E-state index in [1.54, 1.807) is 11.8 Å². The van der Waals surface area contributed by atoms with E-state index >= 15 is 0 Å². The third kappa shape index (κ3) is 5.94. The van der Waals surface area contributed by atoms with Crippen molar-refractivity contribution in [2.75, 3.05) is 12.4 Å². The van der Waals surface area contributed by atoms with E-state index in [-0.39, 0.29) is 24.2 Å². The summed E-state index contributed by atoms with van der Waals surface area (Å²) < 4.78 is 43.8. The number of rotatable bonds is 4. The first-order chi connectivity index (χ1) is 9.11. The van der Waals surface area contributed by atoms with E-state index < -0.39 is 24.0 Å². The van der Waals surface area contributed by atoms with E-state index in [4.69, 9.17) is 4.74 Å². The number of ether oxygens (including phenoxy) is 1. The second-order valence-electron chi connectivity index (χ2n) is 6.17. The quantitative estimate of drug-likeness (QED) is 0.567. The Balaban J connectivity index is 2.44. The van der Waals surface area contributed by atoms with E-state index in [0.29, 0.717) is 18.6 Å². The molecular formula is C14H23F3O2S. The van der Waals surface area contributed by atoms with Crippen molar-refractivity contribution in [1.82, 2.24) is 0 Å². The SMILES string of the molecule is CC(C)(C)SCCOC(=O)C1CCCCC1C(F)(F)F. The van der Waals surface area contributed by atoms with Crippen molar-refractivity contribution in [3.8, 4) is 0 Å². The van der Waals surface area contributed by atoms with Crippen LogP contribution in [0.4, 0.5) is 13.2 Å². The van der Waals surface area contributed by atoms with Crippen LogP contribution in [0.3, 0.4) is 0 Å². The van der Waals surface area contributed by atoms with Gasteiger partial charge in [-0.05, 0) is 12.8 Å². The van der Waals surface area contributed by atoms with Gasteiger partial charge in [-0.3, -0.25) is 4.79 Å². The molecule has 2 atom stereocenters. The molecule has 0 aromatic rings. The molecule has 1 saturated carbocycles. The molecule has 0 amide bonds. The highest BCUT2D eigenvalue weighted by atomic mass is 32.2. The first-order valence-corrected chi connectivity index (χ1v) is 7.97. The molecule has 1 aliphatic rings. The summed E-state index contributed by atoms with van der Waals surface area (Å²) in [6, 6.07) is 0. The standard InChI is InChI=1S/C14H23F3O2S/c1-13(2,3)20-9-8-19-12(18)10-6-4-5-7-11(10)14(15,16)17/h10-11H,4-9H2,1-3H3. The molecule has 6 heteroatoms. The normalized spacial score (nSPS) is 24.5. The fraction of sp³-hybridized carbons (Fsp3) is 0.929. The molecule has 0 radical (unpaired) electrons. The number of hydrogen-bond donors (Lipinski definition) is 0. The molecule has 20 heavy (non-hydrogen) atoms. The summed E-state index contributed by atoms with van der Waals surface area (Å²) in [6.45, 7) is 6.31. The second kappa shape index (κ2) is 7.05. The predicted molar refractivity (Wildman–Crippen MR) is 74.7 cm³/mol. The van der Waals surface area contributed by atoms with Crippen LogP contribution in [0.2, 0.25) is 0 Å². The number of thioether (sulfide) groups is 1. The number of halogens is 3. The van der Waals surface area contributed by atoms with Gasteiger partial charge in [-0.15, -0.1) is 0 Å². The van der Waals surface area contributed by atoms with Crippen LogP contribution in [-0.2, 0) is 9.53 Å². The van der Waals surface area contributed by atoms with Gasteiger partial charge in [-0.25, -0.2) is 0 Å². The Morgan fingerprint density at radius 3 is 2.35 bits per heavy atom. The summed E-state index contributed by atoms with van der Waals surface area (Å²) in [6.07, 6.45) is -2.77. The fourth-order valence-corrected chi connectivity index (χ4v) is 3.18. The monoisotopic (exact) mass is 312 g/mol. The molecule has 0 aromatic carbocycles. The molecular weight excluding hydrogens is 289 g/mol. The first-order valence-electron chi connectivity index (χ1n) is 6.98. The van der Waals surface area contributed by atoms with Gasteiger partial charge in [0.2, 0.25) is 0 Å². The van der Waals surface area contributed by atoms with Crippen LogP contribution in [-0.4, -0.2) is 29.3 Å². The molecule has 0 saturated heterocycles. The minimum Gasteiger partial charge on any atom is -0.465 e. The molecule has 2 nitrogen and oxygen atoms in total. The zero-order valence-electron chi connectivity index (χ0n) is 12.3. The lowest BCUT2D eigenvalue weighted by Gasteiger charge is -2.31. The Kier molecular flexibility index (Phi) is 6.23. The van der Waals surface area contributed by atoms with Crippen molar-refractivity contribution < 1.29 is 22.7 Å². The zero-order valence-corrected chi connectivity index (χ0v) is 13.1. The van der Waals surface area contributed by atoms with Crippen molar-refractivity contribution in [2.45, 2.75) is 57.4 Å². The second-order valence-corrected chi connectivity index (χ2v) is 8.09. The van der Waals surface area contributed by atoms with Crippen LogP contribution < -0.4 is 0 Å². The summed E-state index contributed by atoms with van der Waals surface area (Å²) in [5, 5.41) is 0. The van der Waals surface area contributed by atoms with E-state index in [1.807, 2.05) is 20.8 Å². The summed E-state index contributed by atoms with van der Waals surface area (Å²) in [7, 11) is 0. The van der Waals surface area contributed by atoms with Gasteiger partial charge in [0, 0.05) is 10.5 Å². The van der Waals surface area contributed by atoms with Crippen LogP contribution in [0, 0.1) is 11.8 Å². The van der Waals surface area contributed by atoms with Crippen molar-refractivity contribution in [3.05, 3.63) is 0 Å². The lowest BCUT2D eigenvalue weighted by atomic mass is 9.79. The highest BCUT2D eigenvalue weighted by Crippen LogP contribution is 2.41. The van der Waals surface area contributed by atoms with Gasteiger partial charge in [0.1, 0.15) is 6.61 Å². The molecule has 0 bridgehead atoms. The summed E-state index contributed by atoms with van der Waals surface area (Å²) in [4.78, 5) is 11.8. The minimum atomic E-state index is -4.30. The Morgan fingerprint density at radius 2 is 1.80 bits per heavy atom. The molecule has 0 aliphatic heterocycles. The molecule has 1 aliphatic carbocycles. The molecule has 1 fully saturated rings. The van der Waals surface area contributed by atoms with Gasteiger partial charge in [0.05, 0.1) is 11.8 Å². The van der Waals surface area contributed by atoms with E-state index in [2.05, 4.69) is 0 Å². The van der Waals surface area contributed by atoms with Crippen LogP contribution in [0.25, 0.3) is 0 Å². The molecule has 0 spiro atoms. The maximum absolute atomic E-state index is 12.9. The number of carbonyl (C=O) groups is 1. The molecule has 0 heterocycles. The van der Waals surface area contributed by atoms with Gasteiger partial charge < -0.3 is 4.74 Å². The maximum Gasteiger partial charge on any atom is 0.392 e. The Bertz CT molecular complexity index is 323. The Labute approximate surface area is 122 Å². The van der Waals surface area contributed by atoms with Crippen LogP contribution in [0.1, 0.15) is 46.5 Å². The predicted octanol–water partition coefficient (Wildman–Crippen LogP) is 4.43. The highest BCUT2D eigenvalue weighted by Gasteiger charge is 2.48. The summed E-state index contributed by atoms with van der Waals surface area (Å²) in [5.41, 5.74) is 0. The highest BCUT2D eigenvalue weighted by molar-refractivity contribution is 8.00. The lowest BCUT2D eigenvalue weighted by Crippen LogP contribution is -2.38. The average Bonchev–Trinajstić information content (AvgIpc) is 2.32. The maximum atomic E-state index is 12.9. The lowest BCUT2D eigenvalue weighted by molar-refractivity contribution is -0.204. The van der Waals surface area contributed by atoms with Gasteiger partial charge >= 0.3 is 12.1 Å². The fourth-order valence-electron chi connectivity index (χ4n) is 2.40. The first kappa shape index (κ1) is 17.7. The summed E-state index contributed by atoms with van der Waals surface area (Å²) >= 11 is 1.63. The average molecular weight is 312 g/mol. The van der Waals surface area contributed by atoms with Crippen LogP contribution in [0.15, 0.2) is 0 Å². The van der Waals surface area contributed by atoms with Gasteiger partial charge in [-0.1, -0.05) is 33.6 Å². The van der Waals surface area contributed by atoms with Gasteiger partial charge in [0.25, 0.3) is 0 Å². The minimum absolute atomic E-state index is 0.0417. The Morgan fingerprint density at radius 1 is 1.20 bits per heavy atom. The van der Waals surface area contributed by atoms with Crippen LogP contribution in [0.5, 0.6) is 0 Å². The van der Waals surface area contributed by atoms with Gasteiger partial charge in [0.15, 0.2) is 0 Å². The molecule has 2 unspecified atom stereocenters. The van der Waals surface area contributed by atoms with Crippen molar-refractivity contribution in [3.63, 3.8) is 0 Å². The molecule has 0 N–H and O–H groups in total. The van der Waals surface area contributed by atoms with E-state index in [1.165, 1.54) is 0 Å². The Hall–Kier alpha value is -0.390. The van der Waals surface area contributed by atoms with Crippen LogP contribution >= 0.6 is 11.8 Å². The van der Waals surface area contributed by atoms with Gasteiger partial charge in [-0.2, -0.15) is 24.9 Å². The van der Waals surface area contributed by atoms with Crippen molar-refractivity contribution in [2.24, 2.45) is 11.8 Å². The zero-order chi connectivity index (χ0) is 15.4. The third-order valence-corrected chi connectivity index (χ3v) is 4.59. The smallest absolute Gasteiger partial charge is 0.392 e. The number of alkyl halides is 3. The number of esters is 1. The van der Waals surface area contributed by atoms with Crippen molar-refractivity contribution >= 4 is 17.7 Å². The molecule has 118 valence electrons. The number of carbonyl (C=O) groups excluding carboxylic acids is 1. The molecule has 1 rings (SSSR count).